The zero-order valence-corrected chi connectivity index (χ0v) is 14.9. The van der Waals surface area contributed by atoms with Crippen molar-refractivity contribution in [2.75, 3.05) is 19.7 Å². The van der Waals surface area contributed by atoms with Crippen molar-refractivity contribution in [3.05, 3.63) is 70.3 Å². The molecule has 0 heterocycles. The molecule has 0 saturated heterocycles. The second kappa shape index (κ2) is 10.7. The number of rotatable bonds is 9. The van der Waals surface area contributed by atoms with Crippen molar-refractivity contribution >= 4 is 11.6 Å². The van der Waals surface area contributed by atoms with E-state index in [9.17, 15) is 10.1 Å². The fourth-order valence-corrected chi connectivity index (χ4v) is 2.31. The van der Waals surface area contributed by atoms with Crippen LogP contribution in [0.25, 0.3) is 0 Å². The van der Waals surface area contributed by atoms with Crippen molar-refractivity contribution in [2.45, 2.75) is 19.9 Å². The van der Waals surface area contributed by atoms with Crippen LogP contribution in [0.15, 0.2) is 59.6 Å². The third-order valence-electron chi connectivity index (χ3n) is 3.57. The molecule has 0 fully saturated rings. The van der Waals surface area contributed by atoms with Crippen LogP contribution in [-0.4, -0.2) is 30.6 Å². The Hall–Kier alpha value is -3.09. The van der Waals surface area contributed by atoms with Crippen molar-refractivity contribution in [2.24, 2.45) is 4.99 Å². The monoisotopic (exact) mass is 356 g/mol. The van der Waals surface area contributed by atoms with Gasteiger partial charge in [-0.25, -0.2) is 4.99 Å². The van der Waals surface area contributed by atoms with Gasteiger partial charge in [-0.15, -0.1) is 0 Å². The van der Waals surface area contributed by atoms with Gasteiger partial charge in [0.05, 0.1) is 23.6 Å². The highest BCUT2D eigenvalue weighted by atomic mass is 16.6. The van der Waals surface area contributed by atoms with Gasteiger partial charge in [0.1, 0.15) is 5.75 Å². The molecule has 0 atom stereocenters. The number of guanidine groups is 1. The summed E-state index contributed by atoms with van der Waals surface area (Å²) in [6.07, 6.45) is 0.810. The van der Waals surface area contributed by atoms with Gasteiger partial charge >= 0.3 is 0 Å². The zero-order chi connectivity index (χ0) is 18.6. The molecular weight excluding hydrogens is 332 g/mol. The van der Waals surface area contributed by atoms with E-state index in [2.05, 4.69) is 15.6 Å². The van der Waals surface area contributed by atoms with E-state index in [1.807, 2.05) is 37.3 Å². The molecular formula is C19H24N4O3. The molecule has 138 valence electrons. The van der Waals surface area contributed by atoms with Crippen LogP contribution in [0.4, 0.5) is 5.69 Å². The van der Waals surface area contributed by atoms with E-state index >= 15 is 0 Å². The molecule has 7 nitrogen and oxygen atoms in total. The smallest absolute Gasteiger partial charge is 0.274 e. The Morgan fingerprint density at radius 3 is 2.58 bits per heavy atom. The molecule has 2 N–H and O–H groups in total. The summed E-state index contributed by atoms with van der Waals surface area (Å²) < 4.78 is 5.64. The summed E-state index contributed by atoms with van der Waals surface area (Å²) in [5, 5.41) is 17.4. The van der Waals surface area contributed by atoms with Crippen LogP contribution < -0.4 is 15.4 Å². The number of ether oxygens (including phenoxy) is 1. The summed E-state index contributed by atoms with van der Waals surface area (Å²) in [5.41, 5.74) is 0.672. The highest BCUT2D eigenvalue weighted by Crippen LogP contribution is 2.18. The summed E-state index contributed by atoms with van der Waals surface area (Å²) in [5.74, 6) is 1.48. The van der Waals surface area contributed by atoms with Crippen molar-refractivity contribution in [3.63, 3.8) is 0 Å². The number of aliphatic imine (C=N–C) groups is 1. The lowest BCUT2D eigenvalue weighted by Gasteiger charge is -2.12. The van der Waals surface area contributed by atoms with E-state index in [4.69, 9.17) is 4.74 Å². The summed E-state index contributed by atoms with van der Waals surface area (Å²) in [6, 6.07) is 16.3. The Labute approximate surface area is 153 Å². The first-order valence-corrected chi connectivity index (χ1v) is 8.63. The summed E-state index contributed by atoms with van der Waals surface area (Å²) >= 11 is 0. The van der Waals surface area contributed by atoms with Crippen molar-refractivity contribution < 1.29 is 9.66 Å². The van der Waals surface area contributed by atoms with Crippen LogP contribution in [0.5, 0.6) is 5.75 Å². The molecule has 0 unspecified atom stereocenters. The normalized spacial score (nSPS) is 11.0. The molecule has 0 aromatic heterocycles. The van der Waals surface area contributed by atoms with Crippen molar-refractivity contribution in [1.29, 1.82) is 0 Å². The van der Waals surface area contributed by atoms with Gasteiger partial charge in [0.15, 0.2) is 5.96 Å². The number of para-hydroxylation sites is 2. The van der Waals surface area contributed by atoms with Crippen LogP contribution in [-0.2, 0) is 6.54 Å². The maximum absolute atomic E-state index is 11.1. The molecule has 0 spiro atoms. The minimum absolute atomic E-state index is 0.0864. The first kappa shape index (κ1) is 19.2. The Morgan fingerprint density at radius 2 is 1.85 bits per heavy atom. The molecule has 2 rings (SSSR count). The molecule has 0 amide bonds. The zero-order valence-electron chi connectivity index (χ0n) is 14.9. The molecule has 7 heteroatoms. The molecule has 0 aliphatic heterocycles. The molecule has 0 aliphatic rings. The van der Waals surface area contributed by atoms with Gasteiger partial charge < -0.3 is 15.4 Å². The average molecular weight is 356 g/mol. The lowest BCUT2D eigenvalue weighted by Crippen LogP contribution is -2.38. The minimum atomic E-state index is -0.383. The van der Waals surface area contributed by atoms with Gasteiger partial charge in [0.25, 0.3) is 5.69 Å². The Bertz CT molecular complexity index is 720. The molecule has 0 bridgehead atoms. The standard InChI is InChI=1S/C19H24N4O3/c1-2-20-19(21-13-8-14-26-17-10-4-3-5-11-17)22-15-16-9-6-7-12-18(16)23(24)25/h3-7,9-12H,2,8,13-15H2,1H3,(H2,20,21,22). The molecule has 0 radical (unpaired) electrons. The molecule has 0 aliphatic carbocycles. The van der Waals surface area contributed by atoms with E-state index in [-0.39, 0.29) is 17.2 Å². The van der Waals surface area contributed by atoms with Gasteiger partial charge in [0.2, 0.25) is 0 Å². The van der Waals surface area contributed by atoms with Crippen LogP contribution >= 0.6 is 0 Å². The Morgan fingerprint density at radius 1 is 1.12 bits per heavy atom. The molecule has 0 saturated carbocycles. The first-order valence-electron chi connectivity index (χ1n) is 8.63. The van der Waals surface area contributed by atoms with Gasteiger partial charge in [0, 0.05) is 19.2 Å². The quantitative estimate of drug-likeness (QED) is 0.237. The third-order valence-corrected chi connectivity index (χ3v) is 3.57. The van der Waals surface area contributed by atoms with Gasteiger partial charge in [-0.2, -0.15) is 0 Å². The number of nitrogens with zero attached hydrogens (tertiary/aromatic N) is 2. The topological polar surface area (TPSA) is 88.8 Å². The van der Waals surface area contributed by atoms with Gasteiger partial charge in [-0.05, 0) is 25.5 Å². The lowest BCUT2D eigenvalue weighted by atomic mass is 10.2. The average Bonchev–Trinajstić information content (AvgIpc) is 2.66. The van der Waals surface area contributed by atoms with E-state index < -0.39 is 0 Å². The van der Waals surface area contributed by atoms with Crippen LogP contribution in [0.3, 0.4) is 0 Å². The molecule has 2 aromatic carbocycles. The fraction of sp³-hybridized carbons (Fsp3) is 0.316. The van der Waals surface area contributed by atoms with Gasteiger partial charge in [-0.1, -0.05) is 36.4 Å². The highest BCUT2D eigenvalue weighted by Gasteiger charge is 2.11. The molecule has 2 aromatic rings. The second-order valence-corrected chi connectivity index (χ2v) is 5.52. The van der Waals surface area contributed by atoms with Crippen LogP contribution in [0.2, 0.25) is 0 Å². The Kier molecular flexibility index (Phi) is 7.92. The third kappa shape index (κ3) is 6.43. The number of nitro groups is 1. The number of nitro benzene ring substituents is 1. The largest absolute Gasteiger partial charge is 0.494 e. The highest BCUT2D eigenvalue weighted by molar-refractivity contribution is 5.79. The number of benzene rings is 2. The number of nitrogens with one attached hydrogen (secondary N) is 2. The SMILES string of the molecule is CCNC(=NCc1ccccc1[N+](=O)[O-])NCCCOc1ccccc1. The maximum Gasteiger partial charge on any atom is 0.274 e. The lowest BCUT2D eigenvalue weighted by molar-refractivity contribution is -0.385. The fourth-order valence-electron chi connectivity index (χ4n) is 2.31. The predicted molar refractivity (Wildman–Crippen MR) is 102 cm³/mol. The molecule has 26 heavy (non-hydrogen) atoms. The summed E-state index contributed by atoms with van der Waals surface area (Å²) in [7, 11) is 0. The van der Waals surface area contributed by atoms with Crippen molar-refractivity contribution in [3.8, 4) is 5.75 Å². The van der Waals surface area contributed by atoms with E-state index in [0.29, 0.717) is 31.2 Å². The van der Waals surface area contributed by atoms with E-state index in [1.165, 1.54) is 6.07 Å². The summed E-state index contributed by atoms with van der Waals surface area (Å²) in [4.78, 5) is 15.1. The Balaban J connectivity index is 1.82. The van der Waals surface area contributed by atoms with E-state index in [0.717, 1.165) is 12.2 Å². The van der Waals surface area contributed by atoms with Crippen LogP contribution in [0, 0.1) is 10.1 Å². The first-order chi connectivity index (χ1) is 12.7. The number of hydrogen-bond donors (Lipinski definition) is 2. The predicted octanol–water partition coefficient (Wildman–Crippen LogP) is 3.12. The van der Waals surface area contributed by atoms with Crippen LogP contribution in [0.1, 0.15) is 18.9 Å². The number of hydrogen-bond acceptors (Lipinski definition) is 4. The second-order valence-electron chi connectivity index (χ2n) is 5.52. The maximum atomic E-state index is 11.1. The van der Waals surface area contributed by atoms with Crippen molar-refractivity contribution in [1.82, 2.24) is 10.6 Å². The minimum Gasteiger partial charge on any atom is -0.494 e. The van der Waals surface area contributed by atoms with E-state index in [1.54, 1.807) is 18.2 Å². The van der Waals surface area contributed by atoms with Gasteiger partial charge in [-0.3, -0.25) is 10.1 Å². The summed E-state index contributed by atoms with van der Waals surface area (Å²) in [6.45, 7) is 4.22.